The second kappa shape index (κ2) is 11.4. The van der Waals surface area contributed by atoms with Crippen LogP contribution in [0.25, 0.3) is 33.4 Å². The van der Waals surface area contributed by atoms with Crippen LogP contribution in [0, 0.1) is 20.8 Å². The molecule has 0 heterocycles. The van der Waals surface area contributed by atoms with Gasteiger partial charge in [0.1, 0.15) is 0 Å². The Morgan fingerprint density at radius 3 is 0.902 bits per heavy atom. The van der Waals surface area contributed by atoms with Gasteiger partial charge in [-0.25, -0.2) is 0 Å². The molecule has 0 aromatic heterocycles. The summed E-state index contributed by atoms with van der Waals surface area (Å²) >= 11 is 8.48. The van der Waals surface area contributed by atoms with Crippen molar-refractivity contribution >= 4 is 34.0 Å². The lowest BCUT2D eigenvalue weighted by molar-refractivity contribution is 1.46. The zero-order valence-electron chi connectivity index (χ0n) is 23.7. The summed E-state index contributed by atoms with van der Waals surface area (Å²) < 4.78 is 0. The summed E-state index contributed by atoms with van der Waals surface area (Å²) in [6.07, 6.45) is 0. The first kappa shape index (κ1) is 27.0. The first-order valence-electron chi connectivity index (χ1n) is 14.1. The molecular weight excluding hydrogens is 532 g/mol. The van der Waals surface area contributed by atoms with E-state index in [0.29, 0.717) is 0 Å². The molecule has 6 rings (SSSR count). The van der Waals surface area contributed by atoms with Gasteiger partial charge in [-0.15, -0.1) is 11.1 Å². The maximum absolute atomic E-state index is 8.48. The van der Waals surface area contributed by atoms with Gasteiger partial charge in [0.05, 0.1) is 0 Å². The SMILES string of the molecule is Cc1ccc([Si](Cl)(c2ccc(C)cc2-c2ccccc2)c2ccc(C)cc2-c2ccccc2)c(-c2ccccc2)c1. The van der Waals surface area contributed by atoms with Gasteiger partial charge in [-0.1, -0.05) is 162 Å². The normalized spacial score (nSPS) is 11.4. The van der Waals surface area contributed by atoms with Gasteiger partial charge >= 0.3 is 0 Å². The van der Waals surface area contributed by atoms with Crippen LogP contribution in [0.5, 0.6) is 0 Å². The Hall–Kier alpha value is -4.17. The van der Waals surface area contributed by atoms with Crippen LogP contribution in [0.2, 0.25) is 0 Å². The highest BCUT2D eigenvalue weighted by molar-refractivity contribution is 7.41. The van der Waals surface area contributed by atoms with Crippen molar-refractivity contribution in [2.24, 2.45) is 0 Å². The molecule has 0 amide bonds. The summed E-state index contributed by atoms with van der Waals surface area (Å²) in [5, 5.41) is 3.62. The van der Waals surface area contributed by atoms with Crippen molar-refractivity contribution in [3.63, 3.8) is 0 Å². The Bertz CT molecular complexity index is 1590. The Labute approximate surface area is 249 Å². The molecule has 6 aromatic carbocycles. The van der Waals surface area contributed by atoms with Gasteiger partial charge in [-0.05, 0) is 69.7 Å². The Kier molecular flexibility index (Phi) is 7.49. The van der Waals surface area contributed by atoms with Gasteiger partial charge in [0.2, 0.25) is 7.38 Å². The van der Waals surface area contributed by atoms with Crippen LogP contribution in [-0.4, -0.2) is 7.38 Å². The van der Waals surface area contributed by atoms with Crippen LogP contribution in [-0.2, 0) is 0 Å². The molecular formula is C39H33ClSi. The van der Waals surface area contributed by atoms with Crippen LogP contribution >= 0.6 is 11.1 Å². The van der Waals surface area contributed by atoms with Crippen molar-refractivity contribution in [3.05, 3.63) is 162 Å². The minimum absolute atomic E-state index is 1.19. The predicted octanol–water partition coefficient (Wildman–Crippen LogP) is 8.82. The molecule has 0 aliphatic carbocycles. The summed E-state index contributed by atoms with van der Waals surface area (Å²) in [4.78, 5) is 0. The molecule has 6 aromatic rings. The number of hydrogen-bond acceptors (Lipinski definition) is 0. The molecule has 0 spiro atoms. The number of benzene rings is 6. The van der Waals surface area contributed by atoms with E-state index in [-0.39, 0.29) is 0 Å². The van der Waals surface area contributed by atoms with E-state index in [9.17, 15) is 0 Å². The molecule has 0 fully saturated rings. The van der Waals surface area contributed by atoms with Gasteiger partial charge in [-0.2, -0.15) is 0 Å². The summed E-state index contributed by atoms with van der Waals surface area (Å²) in [6, 6.07) is 52.6. The molecule has 2 heteroatoms. The molecule has 0 nitrogen and oxygen atoms in total. The summed E-state index contributed by atoms with van der Waals surface area (Å²) in [7, 11) is -3.16. The van der Waals surface area contributed by atoms with Crippen molar-refractivity contribution in [1.29, 1.82) is 0 Å². The largest absolute Gasteiger partial charge is 0.249 e. The zero-order valence-corrected chi connectivity index (χ0v) is 25.5. The van der Waals surface area contributed by atoms with Gasteiger partial charge in [0.15, 0.2) is 0 Å². The number of rotatable bonds is 6. The summed E-state index contributed by atoms with van der Waals surface area (Å²) in [6.45, 7) is 6.49. The van der Waals surface area contributed by atoms with E-state index in [0.717, 1.165) is 0 Å². The van der Waals surface area contributed by atoms with Crippen molar-refractivity contribution in [1.82, 2.24) is 0 Å². The zero-order chi connectivity index (χ0) is 28.4. The van der Waals surface area contributed by atoms with E-state index >= 15 is 0 Å². The monoisotopic (exact) mass is 564 g/mol. The lowest BCUT2D eigenvalue weighted by atomic mass is 10.0. The van der Waals surface area contributed by atoms with Crippen molar-refractivity contribution in [2.45, 2.75) is 20.8 Å². The molecule has 0 aliphatic heterocycles. The Balaban J connectivity index is 1.76. The first-order chi connectivity index (χ1) is 19.9. The lowest BCUT2D eigenvalue weighted by Gasteiger charge is -2.33. The standard InChI is InChI=1S/C39H33ClSi/c1-28-19-22-37(34(25-28)31-13-7-4-8-14-31)41(40,38-23-20-29(2)26-35(38)32-15-9-5-10-16-32)39-24-21-30(3)27-36(39)33-17-11-6-12-18-33/h4-27H,1-3H3. The molecule has 0 atom stereocenters. The third-order valence-corrected chi connectivity index (χ3v) is 13.3. The van der Waals surface area contributed by atoms with Crippen LogP contribution < -0.4 is 15.6 Å². The van der Waals surface area contributed by atoms with Crippen molar-refractivity contribution in [2.75, 3.05) is 0 Å². The Morgan fingerprint density at radius 2 is 0.634 bits per heavy atom. The molecule has 0 radical (unpaired) electrons. The highest BCUT2D eigenvalue weighted by Crippen LogP contribution is 2.31. The average molecular weight is 565 g/mol. The van der Waals surface area contributed by atoms with E-state index < -0.39 is 7.38 Å². The van der Waals surface area contributed by atoms with Crippen LogP contribution in [0.1, 0.15) is 16.7 Å². The van der Waals surface area contributed by atoms with Crippen molar-refractivity contribution in [3.8, 4) is 33.4 Å². The second-order valence-electron chi connectivity index (χ2n) is 10.9. The molecule has 41 heavy (non-hydrogen) atoms. The maximum atomic E-state index is 8.48. The fraction of sp³-hybridized carbons (Fsp3) is 0.0769. The minimum Gasteiger partial charge on any atom is -0.149 e. The average Bonchev–Trinajstić information content (AvgIpc) is 3.02. The maximum Gasteiger partial charge on any atom is 0.249 e. The van der Waals surface area contributed by atoms with Gasteiger partial charge in [0, 0.05) is 0 Å². The van der Waals surface area contributed by atoms with E-state index in [1.807, 2.05) is 0 Å². The minimum atomic E-state index is -3.16. The first-order valence-corrected chi connectivity index (χ1v) is 17.1. The summed E-state index contributed by atoms with van der Waals surface area (Å²) in [5.41, 5.74) is 10.8. The fourth-order valence-electron chi connectivity index (χ4n) is 5.88. The number of aryl methyl sites for hydroxylation is 3. The highest BCUT2D eigenvalue weighted by atomic mass is 35.6. The van der Waals surface area contributed by atoms with E-state index in [1.54, 1.807) is 0 Å². The molecule has 0 aliphatic rings. The highest BCUT2D eigenvalue weighted by Gasteiger charge is 2.43. The van der Waals surface area contributed by atoms with E-state index in [2.05, 4.69) is 166 Å². The molecule has 0 saturated heterocycles. The molecule has 0 bridgehead atoms. The van der Waals surface area contributed by atoms with Crippen molar-refractivity contribution < 1.29 is 0 Å². The Morgan fingerprint density at radius 1 is 0.366 bits per heavy atom. The summed E-state index contributed by atoms with van der Waals surface area (Å²) in [5.74, 6) is 0. The van der Waals surface area contributed by atoms with Crippen LogP contribution in [0.3, 0.4) is 0 Å². The topological polar surface area (TPSA) is 0 Å². The van der Waals surface area contributed by atoms with Gasteiger partial charge < -0.3 is 0 Å². The fourth-order valence-corrected chi connectivity index (χ4v) is 10.9. The second-order valence-corrected chi connectivity index (χ2v) is 15.5. The molecule has 200 valence electrons. The molecule has 0 saturated carbocycles. The van der Waals surface area contributed by atoms with Crippen LogP contribution in [0.15, 0.2) is 146 Å². The molecule has 0 N–H and O–H groups in total. The molecule has 0 unspecified atom stereocenters. The van der Waals surface area contributed by atoms with E-state index in [1.165, 1.54) is 65.6 Å². The van der Waals surface area contributed by atoms with E-state index in [4.69, 9.17) is 11.1 Å². The third-order valence-electron chi connectivity index (χ3n) is 7.89. The van der Waals surface area contributed by atoms with Gasteiger partial charge in [-0.3, -0.25) is 0 Å². The lowest BCUT2D eigenvalue weighted by Crippen LogP contribution is -2.64. The predicted molar refractivity (Wildman–Crippen MR) is 180 cm³/mol. The number of halogens is 1. The smallest absolute Gasteiger partial charge is 0.149 e. The number of hydrogen-bond donors (Lipinski definition) is 0. The van der Waals surface area contributed by atoms with Gasteiger partial charge in [0.25, 0.3) is 0 Å². The third kappa shape index (κ3) is 5.20. The quantitative estimate of drug-likeness (QED) is 0.108. The van der Waals surface area contributed by atoms with Crippen LogP contribution in [0.4, 0.5) is 0 Å².